The Bertz CT molecular complexity index is 674. The molecule has 0 saturated heterocycles. The molecule has 1 amide bonds. The molecule has 0 aliphatic carbocycles. The molecule has 0 radical (unpaired) electrons. The summed E-state index contributed by atoms with van der Waals surface area (Å²) < 4.78 is 0. The van der Waals surface area contributed by atoms with Gasteiger partial charge in [0.1, 0.15) is 4.88 Å². The monoisotopic (exact) mass is 317 g/mol. The van der Waals surface area contributed by atoms with Crippen LogP contribution in [-0.2, 0) is 11.2 Å². The number of carboxylic acid groups (broad SMARTS) is 1. The lowest BCUT2D eigenvalue weighted by Crippen LogP contribution is -2.12. The van der Waals surface area contributed by atoms with E-state index in [2.05, 4.69) is 12.2 Å². The highest BCUT2D eigenvalue weighted by atomic mass is 32.1. The Kier molecular flexibility index (Phi) is 5.33. The SMILES string of the molecule is CCCC(=O)Nc1cc(-c2ccc(CC)cc2)sc1C(=O)O. The fourth-order valence-electron chi connectivity index (χ4n) is 2.13. The third-order valence-corrected chi connectivity index (χ3v) is 4.50. The molecule has 5 heteroatoms. The van der Waals surface area contributed by atoms with E-state index in [0.717, 1.165) is 23.3 Å². The molecule has 0 unspecified atom stereocenters. The van der Waals surface area contributed by atoms with Crippen LogP contribution in [0.4, 0.5) is 5.69 Å². The number of rotatable bonds is 6. The number of anilines is 1. The molecule has 116 valence electrons. The lowest BCUT2D eigenvalue weighted by atomic mass is 10.1. The summed E-state index contributed by atoms with van der Waals surface area (Å²) in [4.78, 5) is 24.1. The fourth-order valence-corrected chi connectivity index (χ4v) is 3.09. The van der Waals surface area contributed by atoms with Crippen molar-refractivity contribution in [2.24, 2.45) is 0 Å². The van der Waals surface area contributed by atoms with Gasteiger partial charge in [-0.25, -0.2) is 4.79 Å². The summed E-state index contributed by atoms with van der Waals surface area (Å²) >= 11 is 1.18. The molecule has 2 rings (SSSR count). The zero-order valence-corrected chi connectivity index (χ0v) is 13.5. The predicted octanol–water partition coefficient (Wildman–Crippen LogP) is 4.41. The summed E-state index contributed by atoms with van der Waals surface area (Å²) in [5.74, 6) is -1.18. The average Bonchev–Trinajstić information content (AvgIpc) is 2.91. The molecule has 0 spiro atoms. The Hall–Kier alpha value is -2.14. The number of carbonyl (C=O) groups excluding carboxylic acids is 1. The molecule has 0 bridgehead atoms. The van der Waals surface area contributed by atoms with Gasteiger partial charge in [0.2, 0.25) is 5.91 Å². The summed E-state index contributed by atoms with van der Waals surface area (Å²) in [7, 11) is 0. The van der Waals surface area contributed by atoms with E-state index in [-0.39, 0.29) is 10.8 Å². The first kappa shape index (κ1) is 16.2. The minimum Gasteiger partial charge on any atom is -0.477 e. The van der Waals surface area contributed by atoms with Gasteiger partial charge in [-0.2, -0.15) is 0 Å². The van der Waals surface area contributed by atoms with Crippen molar-refractivity contribution in [1.82, 2.24) is 0 Å². The average molecular weight is 317 g/mol. The van der Waals surface area contributed by atoms with Crippen molar-refractivity contribution in [3.63, 3.8) is 0 Å². The lowest BCUT2D eigenvalue weighted by Gasteiger charge is -2.02. The molecule has 2 N–H and O–H groups in total. The summed E-state index contributed by atoms with van der Waals surface area (Å²) in [6, 6.07) is 9.76. The van der Waals surface area contributed by atoms with E-state index in [1.807, 2.05) is 31.2 Å². The zero-order chi connectivity index (χ0) is 16.1. The third-order valence-electron chi connectivity index (χ3n) is 3.32. The summed E-state index contributed by atoms with van der Waals surface area (Å²) in [5.41, 5.74) is 2.57. The van der Waals surface area contributed by atoms with Crippen LogP contribution in [0.25, 0.3) is 10.4 Å². The van der Waals surface area contributed by atoms with E-state index in [9.17, 15) is 14.7 Å². The second-order valence-electron chi connectivity index (χ2n) is 5.01. The molecule has 1 aromatic heterocycles. The molecule has 22 heavy (non-hydrogen) atoms. The van der Waals surface area contributed by atoms with Gasteiger partial charge in [0.15, 0.2) is 0 Å². The van der Waals surface area contributed by atoms with Crippen LogP contribution in [0.5, 0.6) is 0 Å². The third kappa shape index (κ3) is 3.74. The van der Waals surface area contributed by atoms with E-state index < -0.39 is 5.97 Å². The van der Waals surface area contributed by atoms with Crippen LogP contribution in [0.3, 0.4) is 0 Å². The van der Waals surface area contributed by atoms with Crippen molar-refractivity contribution < 1.29 is 14.7 Å². The topological polar surface area (TPSA) is 66.4 Å². The number of benzene rings is 1. The fraction of sp³-hybridized carbons (Fsp3) is 0.294. The van der Waals surface area contributed by atoms with Gasteiger partial charge in [0.05, 0.1) is 5.69 Å². The largest absolute Gasteiger partial charge is 0.477 e. The van der Waals surface area contributed by atoms with Gasteiger partial charge in [0.25, 0.3) is 0 Å². The Labute approximate surface area is 133 Å². The zero-order valence-electron chi connectivity index (χ0n) is 12.7. The molecule has 0 aliphatic heterocycles. The lowest BCUT2D eigenvalue weighted by molar-refractivity contribution is -0.116. The minimum atomic E-state index is -1.02. The first-order chi connectivity index (χ1) is 10.5. The molecular weight excluding hydrogens is 298 g/mol. The Morgan fingerprint density at radius 1 is 1.18 bits per heavy atom. The number of hydrogen-bond acceptors (Lipinski definition) is 3. The second kappa shape index (κ2) is 7.22. The number of thiophene rings is 1. The first-order valence-corrected chi connectivity index (χ1v) is 8.13. The van der Waals surface area contributed by atoms with Crippen molar-refractivity contribution in [2.45, 2.75) is 33.1 Å². The van der Waals surface area contributed by atoms with Gasteiger partial charge in [-0.15, -0.1) is 11.3 Å². The van der Waals surface area contributed by atoms with Gasteiger partial charge < -0.3 is 10.4 Å². The number of carbonyl (C=O) groups is 2. The molecule has 1 heterocycles. The van der Waals surface area contributed by atoms with Crippen molar-refractivity contribution >= 4 is 28.9 Å². The number of aromatic carboxylic acids is 1. The molecule has 0 aliphatic rings. The minimum absolute atomic E-state index is 0.157. The van der Waals surface area contributed by atoms with Crippen LogP contribution >= 0.6 is 11.3 Å². The number of carboxylic acids is 1. The molecule has 0 atom stereocenters. The summed E-state index contributed by atoms with van der Waals surface area (Å²) in [6.45, 7) is 4.00. The normalized spacial score (nSPS) is 10.5. The Morgan fingerprint density at radius 3 is 2.41 bits per heavy atom. The molecule has 4 nitrogen and oxygen atoms in total. The van der Waals surface area contributed by atoms with Gasteiger partial charge in [-0.3, -0.25) is 4.79 Å². The van der Waals surface area contributed by atoms with Gasteiger partial charge in [-0.1, -0.05) is 38.1 Å². The van der Waals surface area contributed by atoms with Crippen LogP contribution in [0.2, 0.25) is 0 Å². The maximum Gasteiger partial charge on any atom is 0.348 e. The first-order valence-electron chi connectivity index (χ1n) is 7.31. The summed E-state index contributed by atoms with van der Waals surface area (Å²) in [5, 5.41) is 12.0. The van der Waals surface area contributed by atoms with Crippen LogP contribution < -0.4 is 5.32 Å². The van der Waals surface area contributed by atoms with Crippen molar-refractivity contribution in [2.75, 3.05) is 5.32 Å². The Morgan fingerprint density at radius 2 is 1.86 bits per heavy atom. The maximum absolute atomic E-state index is 11.7. The van der Waals surface area contributed by atoms with E-state index >= 15 is 0 Å². The van der Waals surface area contributed by atoms with Gasteiger partial charge in [0, 0.05) is 11.3 Å². The second-order valence-corrected chi connectivity index (χ2v) is 6.06. The van der Waals surface area contributed by atoms with Crippen LogP contribution in [0.1, 0.15) is 41.9 Å². The smallest absolute Gasteiger partial charge is 0.348 e. The van der Waals surface area contributed by atoms with E-state index in [4.69, 9.17) is 0 Å². The molecular formula is C17H19NO3S. The van der Waals surface area contributed by atoms with Crippen LogP contribution in [-0.4, -0.2) is 17.0 Å². The quantitative estimate of drug-likeness (QED) is 0.829. The highest BCUT2D eigenvalue weighted by molar-refractivity contribution is 7.18. The number of nitrogens with one attached hydrogen (secondary N) is 1. The van der Waals surface area contributed by atoms with E-state index in [1.54, 1.807) is 6.07 Å². The number of hydrogen-bond donors (Lipinski definition) is 2. The van der Waals surface area contributed by atoms with Crippen molar-refractivity contribution in [3.05, 3.63) is 40.8 Å². The Balaban J connectivity index is 2.32. The predicted molar refractivity (Wildman–Crippen MR) is 89.6 cm³/mol. The molecule has 1 aromatic carbocycles. The highest BCUT2D eigenvalue weighted by Gasteiger charge is 2.17. The molecule has 2 aromatic rings. The van der Waals surface area contributed by atoms with Crippen LogP contribution in [0.15, 0.2) is 30.3 Å². The molecule has 0 fully saturated rings. The van der Waals surface area contributed by atoms with Crippen LogP contribution in [0, 0.1) is 0 Å². The van der Waals surface area contributed by atoms with E-state index in [0.29, 0.717) is 12.1 Å². The maximum atomic E-state index is 11.7. The van der Waals surface area contributed by atoms with E-state index in [1.165, 1.54) is 16.9 Å². The number of aryl methyl sites for hydroxylation is 1. The molecule has 0 saturated carbocycles. The summed E-state index contributed by atoms with van der Waals surface area (Å²) in [6.07, 6.45) is 2.07. The van der Waals surface area contributed by atoms with Crippen molar-refractivity contribution in [3.8, 4) is 10.4 Å². The van der Waals surface area contributed by atoms with Crippen molar-refractivity contribution in [1.29, 1.82) is 0 Å². The standard InChI is InChI=1S/C17H19NO3S/c1-3-5-15(19)18-13-10-14(22-16(13)17(20)21)12-8-6-11(4-2)7-9-12/h6-10H,3-5H2,1-2H3,(H,18,19)(H,20,21). The number of amides is 1. The van der Waals surface area contributed by atoms with Gasteiger partial charge >= 0.3 is 5.97 Å². The van der Waals surface area contributed by atoms with Gasteiger partial charge in [-0.05, 0) is 30.0 Å². The highest BCUT2D eigenvalue weighted by Crippen LogP contribution is 2.35.